The predicted octanol–water partition coefficient (Wildman–Crippen LogP) is 3.53. The summed E-state index contributed by atoms with van der Waals surface area (Å²) in [4.78, 5) is 16.3. The van der Waals surface area contributed by atoms with Crippen LogP contribution in [0.5, 0.6) is 0 Å². The van der Waals surface area contributed by atoms with Gasteiger partial charge in [-0.05, 0) is 23.3 Å². The van der Waals surface area contributed by atoms with Gasteiger partial charge in [0.2, 0.25) is 5.91 Å². The number of aromatic nitrogens is 2. The third-order valence-electron chi connectivity index (χ3n) is 4.37. The summed E-state index contributed by atoms with van der Waals surface area (Å²) in [5, 5.41) is 6.29. The Hall–Kier alpha value is -3.08. The molecule has 25 heavy (non-hydrogen) atoms. The van der Waals surface area contributed by atoms with Crippen LogP contribution in [-0.2, 0) is 17.8 Å². The van der Waals surface area contributed by atoms with Gasteiger partial charge in [0.05, 0.1) is 19.0 Å². The highest BCUT2D eigenvalue weighted by atomic mass is 16.3. The molecular weight excluding hydrogens is 314 g/mol. The summed E-state index contributed by atoms with van der Waals surface area (Å²) in [7, 11) is 0. The Balaban J connectivity index is 1.43. The molecule has 126 valence electrons. The van der Waals surface area contributed by atoms with Crippen LogP contribution in [0, 0.1) is 0 Å². The van der Waals surface area contributed by atoms with Gasteiger partial charge in [-0.25, -0.2) is 4.98 Å². The second-order valence-corrected chi connectivity index (χ2v) is 6.10. The number of nitrogens with one attached hydrogen (secondary N) is 1. The van der Waals surface area contributed by atoms with E-state index in [0.717, 1.165) is 40.3 Å². The summed E-state index contributed by atoms with van der Waals surface area (Å²) in [6.45, 7) is 1.49. The molecule has 5 heteroatoms. The Bertz CT molecular complexity index is 1000. The molecule has 0 aliphatic carbocycles. The summed E-state index contributed by atoms with van der Waals surface area (Å²) < 4.78 is 7.64. The van der Waals surface area contributed by atoms with Crippen LogP contribution in [0.1, 0.15) is 12.0 Å². The number of rotatable bonds is 6. The highest BCUT2D eigenvalue weighted by molar-refractivity contribution is 6.08. The van der Waals surface area contributed by atoms with Gasteiger partial charge in [-0.1, -0.05) is 30.3 Å². The minimum Gasteiger partial charge on any atom is -0.464 e. The molecule has 1 amide bonds. The van der Waals surface area contributed by atoms with Crippen LogP contribution in [0.3, 0.4) is 0 Å². The van der Waals surface area contributed by atoms with Crippen LogP contribution >= 0.6 is 0 Å². The van der Waals surface area contributed by atoms with Crippen LogP contribution in [0.4, 0.5) is 0 Å². The minimum absolute atomic E-state index is 0.0151. The average molecular weight is 333 g/mol. The molecule has 2 aromatic heterocycles. The lowest BCUT2D eigenvalue weighted by molar-refractivity contribution is -0.120. The molecule has 0 fully saturated rings. The molecule has 5 nitrogen and oxygen atoms in total. The summed E-state index contributed by atoms with van der Waals surface area (Å²) in [6, 6.07) is 12.2. The quantitative estimate of drug-likeness (QED) is 0.549. The first-order chi connectivity index (χ1) is 12.3. The Morgan fingerprint density at radius 2 is 2.12 bits per heavy atom. The molecule has 0 radical (unpaired) electrons. The van der Waals surface area contributed by atoms with E-state index in [4.69, 9.17) is 4.42 Å². The van der Waals surface area contributed by atoms with Gasteiger partial charge in [0.15, 0.2) is 0 Å². The number of carbonyl (C=O) groups is 1. The van der Waals surface area contributed by atoms with Crippen molar-refractivity contribution < 1.29 is 9.21 Å². The number of fused-ring (bicyclic) bond motifs is 3. The zero-order chi connectivity index (χ0) is 17.1. The number of aryl methyl sites for hydroxylation is 1. The van der Waals surface area contributed by atoms with E-state index in [9.17, 15) is 4.79 Å². The molecule has 0 atom stereocenters. The minimum atomic E-state index is 0.0151. The van der Waals surface area contributed by atoms with Gasteiger partial charge in [0.1, 0.15) is 5.58 Å². The van der Waals surface area contributed by atoms with E-state index < -0.39 is 0 Å². The van der Waals surface area contributed by atoms with Crippen molar-refractivity contribution in [3.8, 4) is 0 Å². The van der Waals surface area contributed by atoms with E-state index in [0.29, 0.717) is 13.0 Å². The molecule has 1 N–H and O–H groups in total. The number of nitrogens with zero attached hydrogens (tertiary/aromatic N) is 2. The first-order valence-electron chi connectivity index (χ1n) is 8.41. The topological polar surface area (TPSA) is 60.1 Å². The van der Waals surface area contributed by atoms with Crippen molar-refractivity contribution in [3.05, 3.63) is 66.9 Å². The molecule has 0 unspecified atom stereocenters. The lowest BCUT2D eigenvalue weighted by Crippen LogP contribution is -2.26. The van der Waals surface area contributed by atoms with E-state index in [1.807, 2.05) is 35.0 Å². The predicted molar refractivity (Wildman–Crippen MR) is 97.3 cm³/mol. The normalized spacial score (nSPS) is 11.2. The van der Waals surface area contributed by atoms with E-state index in [1.165, 1.54) is 0 Å². The SMILES string of the molecule is O=C(Cc1coc2ccc3ccccc3c12)NCCCn1ccnc1. The Morgan fingerprint density at radius 3 is 3.00 bits per heavy atom. The molecule has 0 saturated heterocycles. The highest BCUT2D eigenvalue weighted by Gasteiger charge is 2.12. The zero-order valence-corrected chi connectivity index (χ0v) is 13.8. The Labute approximate surface area is 145 Å². The van der Waals surface area contributed by atoms with Crippen molar-refractivity contribution in [3.63, 3.8) is 0 Å². The standard InChI is InChI=1S/C20H19N3O2/c24-19(22-8-3-10-23-11-9-21-14-23)12-16-13-25-18-7-6-15-4-1-2-5-17(15)20(16)18/h1-2,4-7,9,11,13-14H,3,8,10,12H2,(H,22,24). The van der Waals surface area contributed by atoms with Crippen molar-refractivity contribution in [2.24, 2.45) is 0 Å². The number of imidazole rings is 1. The maximum Gasteiger partial charge on any atom is 0.224 e. The van der Waals surface area contributed by atoms with Gasteiger partial charge in [-0.2, -0.15) is 0 Å². The monoisotopic (exact) mass is 333 g/mol. The van der Waals surface area contributed by atoms with Gasteiger partial charge in [0.25, 0.3) is 0 Å². The Morgan fingerprint density at radius 1 is 1.20 bits per heavy atom. The number of hydrogen-bond acceptors (Lipinski definition) is 3. The van der Waals surface area contributed by atoms with Gasteiger partial charge in [-0.3, -0.25) is 4.79 Å². The fourth-order valence-electron chi connectivity index (χ4n) is 3.15. The van der Waals surface area contributed by atoms with Crippen LogP contribution in [-0.4, -0.2) is 22.0 Å². The fourth-order valence-corrected chi connectivity index (χ4v) is 3.15. The molecule has 0 aliphatic heterocycles. The third-order valence-corrected chi connectivity index (χ3v) is 4.37. The smallest absolute Gasteiger partial charge is 0.224 e. The van der Waals surface area contributed by atoms with Gasteiger partial charge >= 0.3 is 0 Å². The molecule has 0 saturated carbocycles. The highest BCUT2D eigenvalue weighted by Crippen LogP contribution is 2.30. The van der Waals surface area contributed by atoms with E-state index in [-0.39, 0.29) is 5.91 Å². The van der Waals surface area contributed by atoms with Gasteiger partial charge in [-0.15, -0.1) is 0 Å². The van der Waals surface area contributed by atoms with Crippen molar-refractivity contribution in [2.75, 3.05) is 6.54 Å². The fraction of sp³-hybridized carbons (Fsp3) is 0.200. The number of hydrogen-bond donors (Lipinski definition) is 1. The molecule has 2 aromatic carbocycles. The van der Waals surface area contributed by atoms with E-state index >= 15 is 0 Å². The zero-order valence-electron chi connectivity index (χ0n) is 13.8. The van der Waals surface area contributed by atoms with Crippen molar-refractivity contribution >= 4 is 27.6 Å². The second-order valence-electron chi connectivity index (χ2n) is 6.10. The van der Waals surface area contributed by atoms with E-state index in [2.05, 4.69) is 22.4 Å². The number of carbonyl (C=O) groups excluding carboxylic acids is 1. The lowest BCUT2D eigenvalue weighted by atomic mass is 10.0. The first kappa shape index (κ1) is 15.4. The van der Waals surface area contributed by atoms with Crippen LogP contribution in [0.15, 0.2) is 65.8 Å². The maximum atomic E-state index is 12.3. The van der Waals surface area contributed by atoms with E-state index in [1.54, 1.807) is 18.8 Å². The second kappa shape index (κ2) is 6.81. The van der Waals surface area contributed by atoms with Gasteiger partial charge in [0, 0.05) is 36.4 Å². The number of benzene rings is 2. The maximum absolute atomic E-state index is 12.3. The molecule has 4 aromatic rings. The average Bonchev–Trinajstić information content (AvgIpc) is 3.29. The van der Waals surface area contributed by atoms with Crippen LogP contribution in [0.2, 0.25) is 0 Å². The number of amides is 1. The third kappa shape index (κ3) is 3.26. The molecule has 0 bridgehead atoms. The first-order valence-corrected chi connectivity index (χ1v) is 8.41. The summed E-state index contributed by atoms with van der Waals surface area (Å²) in [6.07, 6.45) is 8.35. The molecule has 2 heterocycles. The van der Waals surface area contributed by atoms with Crippen LogP contribution in [0.25, 0.3) is 21.7 Å². The molecule has 0 spiro atoms. The summed E-state index contributed by atoms with van der Waals surface area (Å²) in [5.74, 6) is 0.0151. The van der Waals surface area contributed by atoms with Crippen LogP contribution < -0.4 is 5.32 Å². The summed E-state index contributed by atoms with van der Waals surface area (Å²) >= 11 is 0. The summed E-state index contributed by atoms with van der Waals surface area (Å²) in [5.41, 5.74) is 1.75. The lowest BCUT2D eigenvalue weighted by Gasteiger charge is -2.06. The largest absolute Gasteiger partial charge is 0.464 e. The van der Waals surface area contributed by atoms with Crippen molar-refractivity contribution in [1.29, 1.82) is 0 Å². The Kier molecular flexibility index (Phi) is 4.21. The molecule has 4 rings (SSSR count). The molecular formula is C20H19N3O2. The number of furan rings is 1. The molecule has 0 aliphatic rings. The van der Waals surface area contributed by atoms with Gasteiger partial charge < -0.3 is 14.3 Å². The van der Waals surface area contributed by atoms with Crippen molar-refractivity contribution in [2.45, 2.75) is 19.4 Å². The van der Waals surface area contributed by atoms with Crippen molar-refractivity contribution in [1.82, 2.24) is 14.9 Å².